The fraction of sp³-hybridized carbons (Fsp3) is 0.217. The Balaban J connectivity index is 1.73. The molecular formula is C23H19F3N2O3. The van der Waals surface area contributed by atoms with E-state index in [2.05, 4.69) is 4.98 Å². The van der Waals surface area contributed by atoms with Crippen molar-refractivity contribution in [2.75, 3.05) is 6.61 Å². The number of aromatic nitrogens is 1. The van der Waals surface area contributed by atoms with E-state index in [1.54, 1.807) is 30.3 Å². The van der Waals surface area contributed by atoms with Crippen LogP contribution in [0.2, 0.25) is 0 Å². The number of benzene rings is 2. The van der Waals surface area contributed by atoms with E-state index in [1.165, 1.54) is 0 Å². The summed E-state index contributed by atoms with van der Waals surface area (Å²) in [5.74, 6) is -0.581. The van der Waals surface area contributed by atoms with E-state index in [-0.39, 0.29) is 17.6 Å². The molecule has 160 valence electrons. The SMILES string of the molecule is NC(=O)c1cccc(C2COC2c2ccccc2-c2cnc(C(F)(F)F)cc2CO)c1. The lowest BCUT2D eigenvalue weighted by Crippen LogP contribution is -2.31. The molecule has 31 heavy (non-hydrogen) atoms. The molecule has 2 unspecified atom stereocenters. The third-order valence-electron chi connectivity index (χ3n) is 5.43. The second-order valence-electron chi connectivity index (χ2n) is 7.32. The van der Waals surface area contributed by atoms with Crippen LogP contribution in [0, 0.1) is 0 Å². The number of halogens is 3. The lowest BCUT2D eigenvalue weighted by Gasteiger charge is -2.38. The Labute approximate surface area is 176 Å². The quantitative estimate of drug-likeness (QED) is 0.638. The molecule has 2 heterocycles. The van der Waals surface area contributed by atoms with Gasteiger partial charge < -0.3 is 15.6 Å². The zero-order valence-electron chi connectivity index (χ0n) is 16.3. The molecule has 0 bridgehead atoms. The van der Waals surface area contributed by atoms with Crippen LogP contribution >= 0.6 is 0 Å². The molecule has 3 N–H and O–H groups in total. The number of nitrogens with two attached hydrogens (primary N) is 1. The predicted octanol–water partition coefficient (Wildman–Crippen LogP) is 4.21. The van der Waals surface area contributed by atoms with Gasteiger partial charge >= 0.3 is 6.18 Å². The monoisotopic (exact) mass is 428 g/mol. The maximum Gasteiger partial charge on any atom is 0.433 e. The van der Waals surface area contributed by atoms with E-state index < -0.39 is 24.4 Å². The van der Waals surface area contributed by atoms with Crippen molar-refractivity contribution in [1.82, 2.24) is 4.98 Å². The number of nitrogens with zero attached hydrogens (tertiary/aromatic N) is 1. The van der Waals surface area contributed by atoms with Gasteiger partial charge in [0.2, 0.25) is 5.91 Å². The van der Waals surface area contributed by atoms with Crippen molar-refractivity contribution in [1.29, 1.82) is 0 Å². The number of carbonyl (C=O) groups is 1. The van der Waals surface area contributed by atoms with Crippen LogP contribution < -0.4 is 5.73 Å². The fourth-order valence-electron chi connectivity index (χ4n) is 3.80. The Morgan fingerprint density at radius 2 is 1.90 bits per heavy atom. The van der Waals surface area contributed by atoms with Gasteiger partial charge in [-0.1, -0.05) is 36.4 Å². The number of primary amides is 1. The number of aliphatic hydroxyl groups excluding tert-OH is 1. The first-order valence-corrected chi connectivity index (χ1v) is 9.57. The molecule has 0 spiro atoms. The number of carbonyl (C=O) groups excluding carboxylic acids is 1. The zero-order valence-corrected chi connectivity index (χ0v) is 16.3. The van der Waals surface area contributed by atoms with Crippen molar-refractivity contribution in [3.8, 4) is 11.1 Å². The molecule has 0 saturated carbocycles. The molecule has 1 saturated heterocycles. The number of ether oxygens (including phenoxy) is 1. The van der Waals surface area contributed by atoms with Gasteiger partial charge in [-0.3, -0.25) is 9.78 Å². The number of aliphatic hydroxyl groups is 1. The highest BCUT2D eigenvalue weighted by atomic mass is 19.4. The average Bonchev–Trinajstić information content (AvgIpc) is 2.72. The van der Waals surface area contributed by atoms with E-state index >= 15 is 0 Å². The zero-order chi connectivity index (χ0) is 22.2. The standard InChI is InChI=1S/C23H19F3N2O3/c24-23(25,26)20-9-15(11-29)18(10-28-20)16-6-1-2-7-17(16)21-19(12-31-21)13-4-3-5-14(8-13)22(27)30/h1-10,19,21,29H,11-12H2,(H2,27,30). The van der Waals surface area contributed by atoms with Gasteiger partial charge in [-0.2, -0.15) is 13.2 Å². The Morgan fingerprint density at radius 3 is 2.55 bits per heavy atom. The van der Waals surface area contributed by atoms with E-state index in [9.17, 15) is 23.1 Å². The highest BCUT2D eigenvalue weighted by Crippen LogP contribution is 2.46. The van der Waals surface area contributed by atoms with Crippen molar-refractivity contribution in [2.45, 2.75) is 24.8 Å². The fourth-order valence-corrected chi connectivity index (χ4v) is 3.80. The van der Waals surface area contributed by atoms with E-state index in [0.717, 1.165) is 23.4 Å². The largest absolute Gasteiger partial charge is 0.433 e. The molecule has 1 aromatic heterocycles. The summed E-state index contributed by atoms with van der Waals surface area (Å²) in [6.07, 6.45) is -3.84. The Hall–Kier alpha value is -3.23. The number of amides is 1. The molecule has 5 nitrogen and oxygen atoms in total. The van der Waals surface area contributed by atoms with Crippen LogP contribution in [0.1, 0.15) is 44.8 Å². The summed E-state index contributed by atoms with van der Waals surface area (Å²) >= 11 is 0. The molecule has 1 amide bonds. The van der Waals surface area contributed by atoms with Crippen molar-refractivity contribution in [2.24, 2.45) is 5.73 Å². The van der Waals surface area contributed by atoms with Gasteiger partial charge in [-0.15, -0.1) is 0 Å². The molecule has 0 aliphatic carbocycles. The van der Waals surface area contributed by atoms with Gasteiger partial charge in [-0.05, 0) is 40.5 Å². The number of rotatable bonds is 5. The number of pyridine rings is 1. The molecule has 2 atom stereocenters. The number of hydrogen-bond acceptors (Lipinski definition) is 4. The van der Waals surface area contributed by atoms with Gasteiger partial charge in [0.1, 0.15) is 5.69 Å². The van der Waals surface area contributed by atoms with Crippen LogP contribution in [0.15, 0.2) is 60.8 Å². The van der Waals surface area contributed by atoms with E-state index in [4.69, 9.17) is 10.5 Å². The molecule has 0 radical (unpaired) electrons. The summed E-state index contributed by atoms with van der Waals surface area (Å²) in [4.78, 5) is 15.1. The average molecular weight is 428 g/mol. The van der Waals surface area contributed by atoms with Crippen LogP contribution in [0.4, 0.5) is 13.2 Å². The molecular weight excluding hydrogens is 409 g/mol. The third-order valence-corrected chi connectivity index (χ3v) is 5.43. The summed E-state index contributed by atoms with van der Waals surface area (Å²) in [6.45, 7) is -0.135. The highest BCUT2D eigenvalue weighted by molar-refractivity contribution is 5.92. The van der Waals surface area contributed by atoms with E-state index in [0.29, 0.717) is 23.3 Å². The van der Waals surface area contributed by atoms with Crippen LogP contribution in [0.5, 0.6) is 0 Å². The van der Waals surface area contributed by atoms with Crippen molar-refractivity contribution >= 4 is 5.91 Å². The molecule has 1 fully saturated rings. The first-order valence-electron chi connectivity index (χ1n) is 9.57. The Bertz CT molecular complexity index is 1130. The molecule has 8 heteroatoms. The molecule has 1 aliphatic rings. The minimum atomic E-state index is -4.60. The van der Waals surface area contributed by atoms with E-state index in [1.807, 2.05) is 18.2 Å². The lowest BCUT2D eigenvalue weighted by atomic mass is 9.82. The smallest absolute Gasteiger partial charge is 0.392 e. The third kappa shape index (κ3) is 4.04. The minimum Gasteiger partial charge on any atom is -0.392 e. The van der Waals surface area contributed by atoms with Crippen molar-refractivity contribution < 1.29 is 27.8 Å². The highest BCUT2D eigenvalue weighted by Gasteiger charge is 2.37. The van der Waals surface area contributed by atoms with Crippen LogP contribution in [-0.4, -0.2) is 22.6 Å². The first kappa shape index (κ1) is 21.0. The van der Waals surface area contributed by atoms with Crippen LogP contribution in [-0.2, 0) is 17.5 Å². The van der Waals surface area contributed by atoms with Gasteiger partial charge in [0.05, 0.1) is 19.3 Å². The predicted molar refractivity (Wildman–Crippen MR) is 107 cm³/mol. The maximum absolute atomic E-state index is 13.0. The van der Waals surface area contributed by atoms with Gasteiger partial charge in [-0.25, -0.2) is 0 Å². The second kappa shape index (κ2) is 8.13. The van der Waals surface area contributed by atoms with Crippen LogP contribution in [0.3, 0.4) is 0 Å². The summed E-state index contributed by atoms with van der Waals surface area (Å²) < 4.78 is 44.9. The number of hydrogen-bond donors (Lipinski definition) is 2. The van der Waals surface area contributed by atoms with Crippen molar-refractivity contribution in [3.63, 3.8) is 0 Å². The molecule has 3 aromatic rings. The minimum absolute atomic E-state index is 0.0552. The Kier molecular flexibility index (Phi) is 5.51. The molecule has 2 aromatic carbocycles. The summed E-state index contributed by atoms with van der Waals surface area (Å²) in [5.41, 5.74) is 7.54. The molecule has 1 aliphatic heterocycles. The maximum atomic E-state index is 13.0. The normalized spacial score (nSPS) is 18.5. The second-order valence-corrected chi connectivity index (χ2v) is 7.32. The van der Waals surface area contributed by atoms with Gasteiger partial charge in [0, 0.05) is 23.2 Å². The summed E-state index contributed by atoms with van der Waals surface area (Å²) in [6, 6.07) is 15.0. The first-order chi connectivity index (χ1) is 14.8. The summed E-state index contributed by atoms with van der Waals surface area (Å²) in [7, 11) is 0. The van der Waals surface area contributed by atoms with Gasteiger partial charge in [0.25, 0.3) is 0 Å². The number of alkyl halides is 3. The van der Waals surface area contributed by atoms with Crippen molar-refractivity contribution in [3.05, 3.63) is 88.7 Å². The lowest BCUT2D eigenvalue weighted by molar-refractivity contribution is -0.141. The molecule has 4 rings (SSSR count). The Morgan fingerprint density at radius 1 is 1.13 bits per heavy atom. The topological polar surface area (TPSA) is 85.4 Å². The van der Waals surface area contributed by atoms with Gasteiger partial charge in [0.15, 0.2) is 0 Å². The summed E-state index contributed by atoms with van der Waals surface area (Å²) in [5, 5.41) is 9.71. The van der Waals surface area contributed by atoms with Crippen LogP contribution in [0.25, 0.3) is 11.1 Å².